The molecule has 1 aliphatic heterocycles. The Bertz CT molecular complexity index is 360. The fourth-order valence-corrected chi connectivity index (χ4v) is 3.08. The van der Waals surface area contributed by atoms with Crippen LogP contribution >= 0.6 is 0 Å². The molecule has 1 N–H and O–H groups in total. The second-order valence-corrected chi connectivity index (χ2v) is 5.56. The largest absolute Gasteiger partial charge is 0.481 e. The molecule has 1 saturated carbocycles. The molecule has 1 aliphatic carbocycles. The van der Waals surface area contributed by atoms with E-state index in [2.05, 4.69) is 6.58 Å². The van der Waals surface area contributed by atoms with Crippen molar-refractivity contribution in [3.8, 4) is 0 Å². The molecule has 2 aliphatic rings. The maximum Gasteiger partial charge on any atom is 0.308 e. The highest BCUT2D eigenvalue weighted by atomic mass is 16.4. The van der Waals surface area contributed by atoms with Gasteiger partial charge >= 0.3 is 5.97 Å². The van der Waals surface area contributed by atoms with E-state index >= 15 is 0 Å². The van der Waals surface area contributed by atoms with E-state index in [1.807, 2.05) is 6.08 Å². The molecule has 18 heavy (non-hydrogen) atoms. The molecule has 1 atom stereocenters. The molecule has 1 amide bonds. The fraction of sp³-hybridized carbons (Fsp3) is 0.714. The van der Waals surface area contributed by atoms with Crippen molar-refractivity contribution in [2.45, 2.75) is 38.5 Å². The highest BCUT2D eigenvalue weighted by Gasteiger charge is 2.46. The number of carbonyl (C=O) groups excluding carboxylic acids is 1. The Morgan fingerprint density at radius 1 is 1.39 bits per heavy atom. The van der Waals surface area contributed by atoms with Gasteiger partial charge in [-0.25, -0.2) is 0 Å². The Kier molecular flexibility index (Phi) is 3.73. The number of carboxylic acid groups (broad SMARTS) is 1. The van der Waals surface area contributed by atoms with Crippen molar-refractivity contribution in [3.05, 3.63) is 12.7 Å². The number of nitrogens with zero attached hydrogens (tertiary/aromatic N) is 1. The second kappa shape index (κ2) is 5.12. The molecule has 100 valence electrons. The van der Waals surface area contributed by atoms with Gasteiger partial charge in [0, 0.05) is 13.1 Å². The van der Waals surface area contributed by atoms with E-state index in [-0.39, 0.29) is 17.2 Å². The van der Waals surface area contributed by atoms with Crippen molar-refractivity contribution in [2.75, 3.05) is 13.1 Å². The second-order valence-electron chi connectivity index (χ2n) is 5.56. The number of likely N-dealkylation sites (tertiary alicyclic amines) is 1. The van der Waals surface area contributed by atoms with E-state index in [0.29, 0.717) is 19.5 Å². The molecule has 0 aromatic heterocycles. The summed E-state index contributed by atoms with van der Waals surface area (Å²) < 4.78 is 0. The van der Waals surface area contributed by atoms with Crippen molar-refractivity contribution >= 4 is 11.9 Å². The van der Waals surface area contributed by atoms with Gasteiger partial charge in [-0.1, -0.05) is 12.5 Å². The molecule has 0 bridgehead atoms. The average Bonchev–Trinajstić information content (AvgIpc) is 2.33. The molecule has 0 radical (unpaired) electrons. The fourth-order valence-electron chi connectivity index (χ4n) is 3.08. The zero-order chi connectivity index (χ0) is 13.2. The van der Waals surface area contributed by atoms with E-state index in [0.717, 1.165) is 32.1 Å². The van der Waals surface area contributed by atoms with Gasteiger partial charge in [0.2, 0.25) is 5.91 Å². The van der Waals surface area contributed by atoms with Crippen LogP contribution in [0.3, 0.4) is 0 Å². The minimum absolute atomic E-state index is 0.152. The Balaban J connectivity index is 2.04. The quantitative estimate of drug-likeness (QED) is 0.778. The molecule has 2 fully saturated rings. The number of hydrogen-bond donors (Lipinski definition) is 1. The van der Waals surface area contributed by atoms with E-state index < -0.39 is 5.97 Å². The SMILES string of the molecule is C=CCC1(C(=O)N2CCCC(C(=O)O)C2)CCC1. The van der Waals surface area contributed by atoms with Crippen LogP contribution < -0.4 is 0 Å². The van der Waals surface area contributed by atoms with E-state index in [4.69, 9.17) is 5.11 Å². The van der Waals surface area contributed by atoms with Crippen LogP contribution in [-0.2, 0) is 9.59 Å². The van der Waals surface area contributed by atoms with Crippen LogP contribution in [0.1, 0.15) is 38.5 Å². The molecule has 4 heteroatoms. The monoisotopic (exact) mass is 251 g/mol. The zero-order valence-corrected chi connectivity index (χ0v) is 10.7. The van der Waals surface area contributed by atoms with Crippen molar-refractivity contribution in [1.82, 2.24) is 4.90 Å². The van der Waals surface area contributed by atoms with Gasteiger partial charge in [0.05, 0.1) is 11.3 Å². The minimum Gasteiger partial charge on any atom is -0.481 e. The number of rotatable bonds is 4. The molecule has 0 spiro atoms. The smallest absolute Gasteiger partial charge is 0.308 e. The first-order valence-electron chi connectivity index (χ1n) is 6.72. The summed E-state index contributed by atoms with van der Waals surface area (Å²) in [6.07, 6.45) is 6.96. The molecular weight excluding hydrogens is 230 g/mol. The first kappa shape index (κ1) is 13.1. The topological polar surface area (TPSA) is 57.6 Å². The van der Waals surface area contributed by atoms with E-state index in [9.17, 15) is 9.59 Å². The Morgan fingerprint density at radius 2 is 2.11 bits per heavy atom. The Labute approximate surface area is 108 Å². The maximum absolute atomic E-state index is 12.5. The number of aliphatic carboxylic acids is 1. The molecule has 0 aromatic rings. The summed E-state index contributed by atoms with van der Waals surface area (Å²) in [6.45, 7) is 4.83. The third-order valence-corrected chi connectivity index (χ3v) is 4.36. The van der Waals surface area contributed by atoms with Crippen molar-refractivity contribution < 1.29 is 14.7 Å². The van der Waals surface area contributed by atoms with Gasteiger partial charge in [0.25, 0.3) is 0 Å². The third kappa shape index (κ3) is 2.28. The third-order valence-electron chi connectivity index (χ3n) is 4.36. The first-order chi connectivity index (χ1) is 8.59. The van der Waals surface area contributed by atoms with Gasteiger partial charge in [0.15, 0.2) is 0 Å². The van der Waals surface area contributed by atoms with Gasteiger partial charge in [0.1, 0.15) is 0 Å². The minimum atomic E-state index is -0.779. The summed E-state index contributed by atoms with van der Waals surface area (Å²) >= 11 is 0. The van der Waals surface area contributed by atoms with Gasteiger partial charge in [-0.3, -0.25) is 9.59 Å². The number of carboxylic acids is 1. The number of carbonyl (C=O) groups is 2. The number of hydrogen-bond acceptors (Lipinski definition) is 2. The lowest BCUT2D eigenvalue weighted by atomic mass is 9.65. The number of piperidine rings is 1. The predicted molar refractivity (Wildman–Crippen MR) is 68.0 cm³/mol. The molecule has 1 heterocycles. The van der Waals surface area contributed by atoms with E-state index in [1.54, 1.807) is 4.90 Å². The first-order valence-corrected chi connectivity index (χ1v) is 6.72. The Morgan fingerprint density at radius 3 is 2.61 bits per heavy atom. The summed E-state index contributed by atoms with van der Waals surface area (Å²) in [6, 6.07) is 0. The van der Waals surface area contributed by atoms with Crippen molar-refractivity contribution in [3.63, 3.8) is 0 Å². The molecule has 1 unspecified atom stereocenters. The van der Waals surface area contributed by atoms with Crippen LogP contribution in [0.5, 0.6) is 0 Å². The molecule has 4 nitrogen and oxygen atoms in total. The van der Waals surface area contributed by atoms with Crippen LogP contribution in [0.4, 0.5) is 0 Å². The zero-order valence-electron chi connectivity index (χ0n) is 10.7. The average molecular weight is 251 g/mol. The van der Waals surface area contributed by atoms with Gasteiger partial charge in [-0.2, -0.15) is 0 Å². The van der Waals surface area contributed by atoms with Gasteiger partial charge < -0.3 is 10.0 Å². The number of allylic oxidation sites excluding steroid dienone is 1. The van der Waals surface area contributed by atoms with Crippen LogP contribution in [0.2, 0.25) is 0 Å². The van der Waals surface area contributed by atoms with Crippen LogP contribution in [-0.4, -0.2) is 35.0 Å². The van der Waals surface area contributed by atoms with Crippen molar-refractivity contribution in [2.24, 2.45) is 11.3 Å². The maximum atomic E-state index is 12.5. The van der Waals surface area contributed by atoms with Crippen LogP contribution in [0, 0.1) is 11.3 Å². The highest BCUT2D eigenvalue weighted by molar-refractivity contribution is 5.84. The molecule has 1 saturated heterocycles. The van der Waals surface area contributed by atoms with Gasteiger partial charge in [-0.15, -0.1) is 6.58 Å². The summed E-state index contributed by atoms with van der Waals surface area (Å²) in [7, 11) is 0. The lowest BCUT2D eigenvalue weighted by Gasteiger charge is -2.44. The van der Waals surface area contributed by atoms with E-state index in [1.165, 1.54) is 0 Å². The molecule has 2 rings (SSSR count). The lowest BCUT2D eigenvalue weighted by molar-refractivity contribution is -0.153. The predicted octanol–water partition coefficient (Wildman–Crippen LogP) is 2.06. The van der Waals surface area contributed by atoms with Crippen LogP contribution in [0.25, 0.3) is 0 Å². The number of amides is 1. The molecular formula is C14H21NO3. The summed E-state index contributed by atoms with van der Waals surface area (Å²) in [4.78, 5) is 25.3. The van der Waals surface area contributed by atoms with Crippen LogP contribution in [0.15, 0.2) is 12.7 Å². The highest BCUT2D eigenvalue weighted by Crippen LogP contribution is 2.46. The normalized spacial score (nSPS) is 26.2. The summed E-state index contributed by atoms with van der Waals surface area (Å²) in [5.41, 5.74) is -0.262. The van der Waals surface area contributed by atoms with Gasteiger partial charge in [-0.05, 0) is 32.1 Å². The summed E-state index contributed by atoms with van der Waals surface area (Å²) in [5.74, 6) is -1.01. The molecule has 0 aromatic carbocycles. The lowest BCUT2D eigenvalue weighted by Crippen LogP contribution is -2.51. The Hall–Kier alpha value is -1.32. The standard InChI is InChI=1S/C14H21NO3/c1-2-6-14(7-4-8-14)13(18)15-9-3-5-11(10-15)12(16)17/h2,11H,1,3-10H2,(H,16,17). The summed E-state index contributed by atoms with van der Waals surface area (Å²) in [5, 5.41) is 9.06. The van der Waals surface area contributed by atoms with Crippen molar-refractivity contribution in [1.29, 1.82) is 0 Å².